The molecule has 122 valence electrons. The van der Waals surface area contributed by atoms with E-state index in [1.54, 1.807) is 0 Å². The first-order valence-electron chi connectivity index (χ1n) is 8.01. The number of rotatable bonds is 4. The van der Waals surface area contributed by atoms with Gasteiger partial charge in [0.05, 0.1) is 25.0 Å². The number of aryl methyl sites for hydroxylation is 2. The molecule has 1 atom stereocenters. The van der Waals surface area contributed by atoms with Gasteiger partial charge in [0.1, 0.15) is 11.9 Å². The van der Waals surface area contributed by atoms with Crippen LogP contribution in [0.15, 0.2) is 6.20 Å². The van der Waals surface area contributed by atoms with E-state index in [9.17, 15) is 0 Å². The van der Waals surface area contributed by atoms with Crippen LogP contribution in [0, 0.1) is 13.8 Å². The molecule has 0 saturated heterocycles. The molecule has 0 saturated carbocycles. The lowest BCUT2D eigenvalue weighted by atomic mass is 10.1. The van der Waals surface area contributed by atoms with Crippen molar-refractivity contribution in [1.82, 2.24) is 24.6 Å². The van der Waals surface area contributed by atoms with Gasteiger partial charge in [0.2, 0.25) is 5.88 Å². The van der Waals surface area contributed by atoms with E-state index >= 15 is 0 Å². The normalized spacial score (nSPS) is 19.7. The molecule has 0 aliphatic carbocycles. The lowest BCUT2D eigenvalue weighted by Gasteiger charge is -2.19. The number of aromatic nitrogens is 4. The van der Waals surface area contributed by atoms with Crippen molar-refractivity contribution in [2.24, 2.45) is 0 Å². The zero-order valence-corrected chi connectivity index (χ0v) is 13.5. The summed E-state index contributed by atoms with van der Waals surface area (Å²) >= 11 is 0. The van der Waals surface area contributed by atoms with Gasteiger partial charge < -0.3 is 9.84 Å². The quantitative estimate of drug-likeness (QED) is 0.890. The molecule has 0 unspecified atom stereocenters. The molecule has 1 N–H and O–H groups in total. The van der Waals surface area contributed by atoms with Gasteiger partial charge in [0.25, 0.3) is 0 Å². The number of fused-ring (bicyclic) bond motifs is 2. The van der Waals surface area contributed by atoms with Crippen molar-refractivity contribution < 1.29 is 9.84 Å². The average molecular weight is 315 g/mol. The summed E-state index contributed by atoms with van der Waals surface area (Å²) in [6.07, 6.45) is 2.91. The predicted molar refractivity (Wildman–Crippen MR) is 83.1 cm³/mol. The predicted octanol–water partition coefficient (Wildman–Crippen LogP) is 0.602. The lowest BCUT2D eigenvalue weighted by Crippen LogP contribution is -2.31. The summed E-state index contributed by atoms with van der Waals surface area (Å²) in [5, 5.41) is 13.4. The SMILES string of the molecule is Cc1nc(C)c2c(n1)O[C@H](CN1Cc3cnn(CCO)c3C1)C2. The molecule has 7 nitrogen and oxygen atoms in total. The molecule has 0 bridgehead atoms. The van der Waals surface area contributed by atoms with Crippen molar-refractivity contribution in [2.75, 3.05) is 13.2 Å². The van der Waals surface area contributed by atoms with Gasteiger partial charge in [-0.2, -0.15) is 10.1 Å². The Hall–Kier alpha value is -1.99. The maximum absolute atomic E-state index is 9.11. The van der Waals surface area contributed by atoms with Crippen LogP contribution in [-0.2, 0) is 26.1 Å². The number of hydrogen-bond donors (Lipinski definition) is 1. The summed E-state index contributed by atoms with van der Waals surface area (Å²) in [5.41, 5.74) is 4.63. The molecule has 0 amide bonds. The van der Waals surface area contributed by atoms with Crippen LogP contribution in [0.4, 0.5) is 0 Å². The van der Waals surface area contributed by atoms with Crippen LogP contribution in [0.25, 0.3) is 0 Å². The molecular weight excluding hydrogens is 294 g/mol. The van der Waals surface area contributed by atoms with Gasteiger partial charge in [-0.15, -0.1) is 0 Å². The average Bonchev–Trinajstić information content (AvgIpc) is 3.15. The Kier molecular flexibility index (Phi) is 3.54. The molecule has 2 aliphatic rings. The monoisotopic (exact) mass is 315 g/mol. The lowest BCUT2D eigenvalue weighted by molar-refractivity contribution is 0.144. The number of aliphatic hydroxyl groups excluding tert-OH is 1. The summed E-state index contributed by atoms with van der Waals surface area (Å²) < 4.78 is 7.93. The number of ether oxygens (including phenoxy) is 1. The van der Waals surface area contributed by atoms with Crippen molar-refractivity contribution in [3.05, 3.63) is 34.5 Å². The molecular formula is C16H21N5O2. The van der Waals surface area contributed by atoms with Crippen molar-refractivity contribution in [3.8, 4) is 5.88 Å². The van der Waals surface area contributed by atoms with Crippen molar-refractivity contribution in [2.45, 2.75) is 46.0 Å². The van der Waals surface area contributed by atoms with Crippen molar-refractivity contribution in [3.63, 3.8) is 0 Å². The second kappa shape index (κ2) is 5.58. The molecule has 2 aliphatic heterocycles. The van der Waals surface area contributed by atoms with Gasteiger partial charge in [0, 0.05) is 42.9 Å². The van der Waals surface area contributed by atoms with Crippen LogP contribution in [0.2, 0.25) is 0 Å². The third-order valence-corrected chi connectivity index (χ3v) is 4.57. The largest absolute Gasteiger partial charge is 0.472 e. The third kappa shape index (κ3) is 2.60. The highest BCUT2D eigenvalue weighted by atomic mass is 16.5. The maximum atomic E-state index is 9.11. The summed E-state index contributed by atoms with van der Waals surface area (Å²) in [6.45, 7) is 7.20. The Balaban J connectivity index is 1.42. The molecule has 0 fully saturated rings. The van der Waals surface area contributed by atoms with Gasteiger partial charge in [-0.1, -0.05) is 0 Å². The topological polar surface area (TPSA) is 76.3 Å². The Morgan fingerprint density at radius 1 is 1.30 bits per heavy atom. The van der Waals surface area contributed by atoms with Crippen LogP contribution in [0.1, 0.15) is 28.3 Å². The van der Waals surface area contributed by atoms with Crippen LogP contribution in [0.3, 0.4) is 0 Å². The molecule has 2 aromatic rings. The molecule has 4 rings (SSSR count). The molecule has 0 spiro atoms. The standard InChI is InChI=1S/C16H21N5O2/c1-10-14-5-13(23-16(14)19-11(2)18-10)8-20-7-12-6-17-21(3-4-22)15(12)9-20/h6,13,22H,3-5,7-9H2,1-2H3/t13-/m0/s1. The minimum Gasteiger partial charge on any atom is -0.472 e. The molecule has 23 heavy (non-hydrogen) atoms. The van der Waals surface area contributed by atoms with E-state index in [4.69, 9.17) is 9.84 Å². The molecule has 2 aromatic heterocycles. The van der Waals surface area contributed by atoms with Crippen molar-refractivity contribution >= 4 is 0 Å². The van der Waals surface area contributed by atoms with Gasteiger partial charge in [-0.25, -0.2) is 4.98 Å². The fourth-order valence-corrected chi connectivity index (χ4v) is 3.54. The van der Waals surface area contributed by atoms with E-state index in [0.717, 1.165) is 49.0 Å². The zero-order chi connectivity index (χ0) is 16.0. The molecule has 0 radical (unpaired) electrons. The van der Waals surface area contributed by atoms with Crippen molar-refractivity contribution in [1.29, 1.82) is 0 Å². The van der Waals surface area contributed by atoms with Crippen LogP contribution < -0.4 is 4.74 Å². The first-order chi connectivity index (χ1) is 11.1. The van der Waals surface area contributed by atoms with Crippen LogP contribution in [-0.4, -0.2) is 49.0 Å². The third-order valence-electron chi connectivity index (χ3n) is 4.57. The number of aliphatic hydroxyl groups is 1. The van der Waals surface area contributed by atoms with Crippen LogP contribution >= 0.6 is 0 Å². The van der Waals surface area contributed by atoms with Gasteiger partial charge in [-0.3, -0.25) is 9.58 Å². The van der Waals surface area contributed by atoms with E-state index in [2.05, 4.69) is 20.0 Å². The van der Waals surface area contributed by atoms with E-state index in [0.29, 0.717) is 6.54 Å². The first kappa shape index (κ1) is 14.6. The summed E-state index contributed by atoms with van der Waals surface area (Å²) in [5.74, 6) is 1.52. The number of hydrogen-bond acceptors (Lipinski definition) is 6. The zero-order valence-electron chi connectivity index (χ0n) is 13.5. The smallest absolute Gasteiger partial charge is 0.220 e. The van der Waals surface area contributed by atoms with Gasteiger partial charge in [0.15, 0.2) is 0 Å². The Bertz CT molecular complexity index is 742. The molecule has 4 heterocycles. The summed E-state index contributed by atoms with van der Waals surface area (Å²) in [4.78, 5) is 11.2. The molecule has 0 aromatic carbocycles. The van der Waals surface area contributed by atoms with E-state index in [1.807, 2.05) is 24.7 Å². The highest BCUT2D eigenvalue weighted by Gasteiger charge is 2.31. The Morgan fingerprint density at radius 3 is 3.00 bits per heavy atom. The molecule has 7 heteroatoms. The maximum Gasteiger partial charge on any atom is 0.220 e. The van der Waals surface area contributed by atoms with E-state index in [-0.39, 0.29) is 12.7 Å². The van der Waals surface area contributed by atoms with Crippen LogP contribution in [0.5, 0.6) is 5.88 Å². The fourth-order valence-electron chi connectivity index (χ4n) is 3.54. The Morgan fingerprint density at radius 2 is 2.17 bits per heavy atom. The van der Waals surface area contributed by atoms with E-state index in [1.165, 1.54) is 11.3 Å². The second-order valence-corrected chi connectivity index (χ2v) is 6.32. The Labute approximate surface area is 134 Å². The van der Waals surface area contributed by atoms with Gasteiger partial charge >= 0.3 is 0 Å². The fraction of sp³-hybridized carbons (Fsp3) is 0.562. The summed E-state index contributed by atoms with van der Waals surface area (Å²) in [6, 6.07) is 0. The van der Waals surface area contributed by atoms with E-state index < -0.39 is 0 Å². The van der Waals surface area contributed by atoms with Gasteiger partial charge in [-0.05, 0) is 13.8 Å². The second-order valence-electron chi connectivity index (χ2n) is 6.32. The minimum atomic E-state index is 0.118. The summed E-state index contributed by atoms with van der Waals surface area (Å²) in [7, 11) is 0. The highest BCUT2D eigenvalue weighted by molar-refractivity contribution is 5.35. The highest BCUT2D eigenvalue weighted by Crippen LogP contribution is 2.30. The minimum absolute atomic E-state index is 0.118. The first-order valence-corrected chi connectivity index (χ1v) is 8.01. The number of nitrogens with zero attached hydrogens (tertiary/aromatic N) is 5.